The van der Waals surface area contributed by atoms with E-state index < -0.39 is 47.0 Å². The van der Waals surface area contributed by atoms with E-state index >= 15 is 0 Å². The lowest BCUT2D eigenvalue weighted by molar-refractivity contribution is -0.140. The number of fused-ring (bicyclic) bond motifs is 4. The molecule has 0 aliphatic carbocycles. The molecule has 16 rings (SSSR count). The molecule has 140 heavy (non-hydrogen) atoms. The highest BCUT2D eigenvalue weighted by atomic mass is 16.8. The summed E-state index contributed by atoms with van der Waals surface area (Å²) < 4.78 is 174. The van der Waals surface area contributed by atoms with E-state index in [0.717, 1.165) is 22.3 Å². The summed E-state index contributed by atoms with van der Waals surface area (Å²) >= 11 is 0. The Morgan fingerprint density at radius 3 is 0.543 bits per heavy atom. The van der Waals surface area contributed by atoms with Crippen LogP contribution in [0.2, 0.25) is 0 Å². The van der Waals surface area contributed by atoms with E-state index in [1.54, 1.807) is 0 Å². The van der Waals surface area contributed by atoms with Crippen LogP contribution in [0.1, 0.15) is 114 Å². The number of rotatable bonds is 38. The maximum atomic E-state index is 14.5. The van der Waals surface area contributed by atoms with Crippen LogP contribution in [0, 0.1) is 0 Å². The van der Waals surface area contributed by atoms with Gasteiger partial charge in [0.1, 0.15) is 94.7 Å². The van der Waals surface area contributed by atoms with Gasteiger partial charge in [-0.25, -0.2) is 19.2 Å². The predicted molar refractivity (Wildman–Crippen MR) is 517 cm³/mol. The Kier molecular flexibility index (Phi) is 31.3. The Labute approximate surface area is 810 Å². The van der Waals surface area contributed by atoms with Crippen LogP contribution in [0.3, 0.4) is 0 Å². The molecule has 0 bridgehead atoms. The zero-order chi connectivity index (χ0) is 99.5. The SMILES string of the molecule is COC(=O)c1c(OC)c(-c2c(OC)c(C(=O)OC)c(OC)c3c(OCc4ccccc4)c(OC)c(CC4(C)OCCO4)cc23)c2cc(CC3(C)OCCO3)c(OC)c(OCc3ccccc3)c2c1OC.COC(=O)c1c(OC)c(-c2c(OC)c(C(=O)OC)c(OC)c3c(OCc4ccccc4)c(OC)c(CC4(C)OCCO4)cc23)c2cc(CC3(C)OCCO3)c(OC)c(OCc3ccccc3)c2c1OC. The number of benzene rings is 12. The van der Waals surface area contributed by atoms with Gasteiger partial charge >= 0.3 is 23.9 Å². The summed E-state index contributed by atoms with van der Waals surface area (Å²) in [6.07, 6.45) is 0.730. The number of carbonyl (C=O) groups is 4. The molecule has 0 atom stereocenters. The first-order chi connectivity index (χ1) is 67.8. The Morgan fingerprint density at radius 1 is 0.229 bits per heavy atom. The maximum Gasteiger partial charge on any atom is 0.345 e. The molecule has 0 unspecified atom stereocenters. The standard InChI is InChI=1S/2C54H58O16/c2*1-53(67-21-22-68-53)27-33-25-35-37(45(59-5)41(51(55)63-9)47(61-7)39(35)49(43(33)57-3)65-29-31-17-13-11-14-18-31)38-36-26-34(28-54(2)69-23-24-70-54)44(58-4)50(66-30-32-19-15-12-16-20-32)40(36)48(62-8)42(46(38)60-6)52(56)64-10/h2*11-20,25-26H,21-24,27-30H2,1-10H3. The molecular weight excluding hydrogens is 1810 g/mol. The molecule has 32 heteroatoms. The molecule has 0 amide bonds. The Hall–Kier alpha value is -14.0. The van der Waals surface area contributed by atoms with Gasteiger partial charge in [-0.2, -0.15) is 0 Å². The van der Waals surface area contributed by atoms with E-state index in [1.807, 2.05) is 173 Å². The van der Waals surface area contributed by atoms with Gasteiger partial charge in [0.2, 0.25) is 0 Å². The zero-order valence-corrected chi connectivity index (χ0v) is 82.2. The summed E-state index contributed by atoms with van der Waals surface area (Å²) in [7, 11) is 22.6. The predicted octanol–water partition coefficient (Wildman–Crippen LogP) is 18.1. The molecule has 32 nitrogen and oxygen atoms in total. The van der Waals surface area contributed by atoms with E-state index in [1.165, 1.54) is 114 Å². The van der Waals surface area contributed by atoms with Gasteiger partial charge in [-0.3, -0.25) is 0 Å². The van der Waals surface area contributed by atoms with Crippen molar-refractivity contribution in [2.45, 2.75) is 103 Å². The van der Waals surface area contributed by atoms with Gasteiger partial charge in [-0.15, -0.1) is 0 Å². The number of hydrogen-bond donors (Lipinski definition) is 0. The number of esters is 4. The fourth-order valence-corrected chi connectivity index (χ4v) is 19.1. The van der Waals surface area contributed by atoms with Crippen molar-refractivity contribution in [2.24, 2.45) is 0 Å². The van der Waals surface area contributed by atoms with Crippen molar-refractivity contribution in [3.05, 3.63) is 212 Å². The third-order valence-corrected chi connectivity index (χ3v) is 25.0. The summed E-state index contributed by atoms with van der Waals surface area (Å²) in [4.78, 5) is 58.0. The van der Waals surface area contributed by atoms with E-state index in [9.17, 15) is 19.2 Å². The maximum absolute atomic E-state index is 14.5. The van der Waals surface area contributed by atoms with E-state index in [0.29, 0.717) is 141 Å². The topological polar surface area (TPSA) is 327 Å². The second-order valence-corrected chi connectivity index (χ2v) is 33.6. The molecule has 12 aromatic carbocycles. The molecule has 0 spiro atoms. The molecule has 4 heterocycles. The summed E-state index contributed by atoms with van der Waals surface area (Å²) in [5, 5.41) is 2.87. The summed E-state index contributed by atoms with van der Waals surface area (Å²) in [6.45, 7) is 10.7. The lowest BCUT2D eigenvalue weighted by Gasteiger charge is -2.29. The van der Waals surface area contributed by atoms with Gasteiger partial charge in [0.25, 0.3) is 0 Å². The highest BCUT2D eigenvalue weighted by Gasteiger charge is 2.46. The van der Waals surface area contributed by atoms with Crippen LogP contribution in [-0.2, 0) is 109 Å². The number of hydrogen-bond acceptors (Lipinski definition) is 32. The number of carbonyl (C=O) groups excluding carboxylic acids is 4. The smallest absolute Gasteiger partial charge is 0.345 e. The molecule has 0 N–H and O–H groups in total. The Morgan fingerprint density at radius 2 is 0.393 bits per heavy atom. The van der Waals surface area contributed by atoms with Gasteiger partial charge < -0.3 is 133 Å². The molecule has 4 aliphatic rings. The number of methoxy groups -OCH3 is 16. The average Bonchev–Trinajstić information content (AvgIpc) is 1.00. The van der Waals surface area contributed by atoms with Gasteiger partial charge in [0.05, 0.1) is 188 Å². The van der Waals surface area contributed by atoms with Crippen molar-refractivity contribution in [3.63, 3.8) is 0 Å². The minimum absolute atomic E-state index is 0.0000281. The molecule has 4 aliphatic heterocycles. The quantitative estimate of drug-likeness (QED) is 0.0256. The molecule has 12 aromatic rings. The van der Waals surface area contributed by atoms with Crippen molar-refractivity contribution in [2.75, 3.05) is 167 Å². The van der Waals surface area contributed by atoms with Crippen LogP contribution in [0.5, 0.6) is 92.0 Å². The van der Waals surface area contributed by atoms with Crippen molar-refractivity contribution in [1.82, 2.24) is 0 Å². The minimum atomic E-state index is -1.07. The molecule has 740 valence electrons. The van der Waals surface area contributed by atoms with Gasteiger partial charge in [-0.1, -0.05) is 121 Å². The van der Waals surface area contributed by atoms with E-state index in [-0.39, 0.29) is 166 Å². The van der Waals surface area contributed by atoms with Crippen molar-refractivity contribution in [3.8, 4) is 114 Å². The summed E-state index contributed by atoms with van der Waals surface area (Å²) in [5.41, 5.74) is 6.36. The van der Waals surface area contributed by atoms with Crippen molar-refractivity contribution >= 4 is 67.0 Å². The third-order valence-electron chi connectivity index (χ3n) is 25.0. The molecule has 0 aromatic heterocycles. The molecular formula is C108H116O32. The molecule has 0 saturated carbocycles. The van der Waals surface area contributed by atoms with E-state index in [4.69, 9.17) is 133 Å². The number of ether oxygens (including phenoxy) is 28. The largest absolute Gasteiger partial charge is 0.495 e. The fourth-order valence-electron chi connectivity index (χ4n) is 19.1. The van der Waals surface area contributed by atoms with Crippen LogP contribution in [-0.4, -0.2) is 214 Å². The lowest BCUT2D eigenvalue weighted by atomic mass is 9.84. The first-order valence-corrected chi connectivity index (χ1v) is 45.2. The second-order valence-electron chi connectivity index (χ2n) is 33.6. The minimum Gasteiger partial charge on any atom is -0.495 e. The average molecular weight is 1930 g/mol. The van der Waals surface area contributed by atoms with Crippen LogP contribution < -0.4 is 75.8 Å². The molecule has 4 fully saturated rings. The Bertz CT molecular complexity index is 5770. The highest BCUT2D eigenvalue weighted by Crippen LogP contribution is 2.63. The third kappa shape index (κ3) is 19.5. The fraction of sp³-hybridized carbons (Fsp3) is 0.370. The van der Waals surface area contributed by atoms with Crippen LogP contribution in [0.15, 0.2) is 146 Å². The highest BCUT2D eigenvalue weighted by molar-refractivity contribution is 6.24. The van der Waals surface area contributed by atoms with Crippen molar-refractivity contribution in [1.29, 1.82) is 0 Å². The van der Waals surface area contributed by atoms with Crippen molar-refractivity contribution < 1.29 is 152 Å². The first-order valence-electron chi connectivity index (χ1n) is 45.2. The Balaban J connectivity index is 0.000000212. The van der Waals surface area contributed by atoms with Crippen LogP contribution in [0.25, 0.3) is 65.3 Å². The molecule has 4 saturated heterocycles. The van der Waals surface area contributed by atoms with Crippen LogP contribution in [0.4, 0.5) is 0 Å². The lowest BCUT2D eigenvalue weighted by Crippen LogP contribution is -2.28. The van der Waals surface area contributed by atoms with E-state index in [2.05, 4.69) is 0 Å². The molecule has 0 radical (unpaired) electrons. The monoisotopic (exact) mass is 1920 g/mol. The van der Waals surface area contributed by atoms with Gasteiger partial charge in [-0.05, 0) is 74.2 Å². The van der Waals surface area contributed by atoms with Gasteiger partial charge in [0.15, 0.2) is 69.1 Å². The second kappa shape index (κ2) is 43.6. The van der Waals surface area contributed by atoms with Gasteiger partial charge in [0, 0.05) is 91.7 Å². The van der Waals surface area contributed by atoms with Crippen LogP contribution >= 0.6 is 0 Å². The normalized spacial score (nSPS) is 14.8. The zero-order valence-electron chi connectivity index (χ0n) is 82.2. The summed E-state index contributed by atoms with van der Waals surface area (Å²) in [6, 6.07) is 45.9. The first kappa shape index (κ1) is 100. The summed E-state index contributed by atoms with van der Waals surface area (Å²) in [5.74, 6) is -5.15.